The van der Waals surface area contributed by atoms with Crippen LogP contribution in [0.4, 0.5) is 5.69 Å². The second-order valence-corrected chi connectivity index (χ2v) is 5.39. The van der Waals surface area contributed by atoms with E-state index in [1.807, 2.05) is 49.9 Å². The second kappa shape index (κ2) is 6.90. The van der Waals surface area contributed by atoms with Crippen LogP contribution >= 0.6 is 0 Å². The summed E-state index contributed by atoms with van der Waals surface area (Å²) < 4.78 is 0. The van der Waals surface area contributed by atoms with Crippen LogP contribution in [0.25, 0.3) is 10.9 Å². The molecule has 0 aliphatic rings. The summed E-state index contributed by atoms with van der Waals surface area (Å²) in [4.78, 5) is 18.3. The first-order chi connectivity index (χ1) is 10.5. The Morgan fingerprint density at radius 2 is 2.14 bits per heavy atom. The van der Waals surface area contributed by atoms with Crippen LogP contribution in [0.2, 0.25) is 0 Å². The molecular weight excluding hydrogens is 276 g/mol. The highest BCUT2D eigenvalue weighted by Crippen LogP contribution is 2.26. The number of hydrogen-bond acceptors (Lipinski definition) is 4. The van der Waals surface area contributed by atoms with Crippen LogP contribution in [0.5, 0.6) is 0 Å². The zero-order valence-electron chi connectivity index (χ0n) is 13.1. The molecule has 2 rings (SSSR count). The lowest BCUT2D eigenvalue weighted by Crippen LogP contribution is -2.40. The number of nitrogens with one attached hydrogen (secondary N) is 1. The molecule has 1 aromatic carbocycles. The maximum atomic E-state index is 12.1. The SMILES string of the molecule is CCN(CC(=O)NC(C)C)c1cc(C#N)nc2ccccc12. The zero-order valence-corrected chi connectivity index (χ0v) is 13.1. The standard InChI is InChI=1S/C17H20N4O/c1-4-21(11-17(22)19-12(2)3)16-9-13(10-18)20-15-8-6-5-7-14(15)16/h5-9,12H,4,11H2,1-3H3,(H,19,22). The van der Waals surface area contributed by atoms with Gasteiger partial charge in [-0.2, -0.15) is 5.26 Å². The van der Waals surface area contributed by atoms with Gasteiger partial charge in [0.2, 0.25) is 5.91 Å². The number of nitrogens with zero attached hydrogens (tertiary/aromatic N) is 3. The van der Waals surface area contributed by atoms with E-state index in [0.29, 0.717) is 12.2 Å². The molecule has 5 nitrogen and oxygen atoms in total. The summed E-state index contributed by atoms with van der Waals surface area (Å²) in [6.07, 6.45) is 0. The molecule has 2 aromatic rings. The van der Waals surface area contributed by atoms with Crippen LogP contribution in [0, 0.1) is 11.3 Å². The van der Waals surface area contributed by atoms with Gasteiger partial charge in [-0.3, -0.25) is 4.79 Å². The first kappa shape index (κ1) is 15.8. The van der Waals surface area contributed by atoms with Crippen molar-refractivity contribution < 1.29 is 4.79 Å². The lowest BCUT2D eigenvalue weighted by molar-refractivity contribution is -0.120. The Bertz CT molecular complexity index is 718. The predicted molar refractivity (Wildman–Crippen MR) is 87.6 cm³/mol. The van der Waals surface area contributed by atoms with Crippen molar-refractivity contribution in [1.29, 1.82) is 5.26 Å². The Morgan fingerprint density at radius 3 is 2.77 bits per heavy atom. The van der Waals surface area contributed by atoms with Gasteiger partial charge in [-0.15, -0.1) is 0 Å². The number of aromatic nitrogens is 1. The number of pyridine rings is 1. The number of para-hydroxylation sites is 1. The maximum absolute atomic E-state index is 12.1. The number of fused-ring (bicyclic) bond motifs is 1. The summed E-state index contributed by atoms with van der Waals surface area (Å²) in [6, 6.07) is 11.6. The average molecular weight is 296 g/mol. The molecule has 0 bridgehead atoms. The van der Waals surface area contributed by atoms with E-state index in [2.05, 4.69) is 16.4 Å². The van der Waals surface area contributed by atoms with E-state index in [-0.39, 0.29) is 18.5 Å². The molecule has 0 radical (unpaired) electrons. The highest BCUT2D eigenvalue weighted by molar-refractivity contribution is 5.94. The van der Waals surface area contributed by atoms with Gasteiger partial charge in [-0.1, -0.05) is 18.2 Å². The largest absolute Gasteiger partial charge is 0.362 e. The molecule has 0 fully saturated rings. The van der Waals surface area contributed by atoms with Crippen LogP contribution in [-0.4, -0.2) is 30.0 Å². The van der Waals surface area contributed by atoms with E-state index in [0.717, 1.165) is 16.6 Å². The van der Waals surface area contributed by atoms with Gasteiger partial charge in [-0.05, 0) is 32.9 Å². The highest BCUT2D eigenvalue weighted by Gasteiger charge is 2.15. The summed E-state index contributed by atoms with van der Waals surface area (Å²) in [5.74, 6) is -0.0312. The van der Waals surface area contributed by atoms with Gasteiger partial charge in [0.25, 0.3) is 0 Å². The Balaban J connectivity index is 2.42. The van der Waals surface area contributed by atoms with Crippen molar-refractivity contribution in [3.05, 3.63) is 36.0 Å². The number of amides is 1. The van der Waals surface area contributed by atoms with Crippen LogP contribution in [0.3, 0.4) is 0 Å². The van der Waals surface area contributed by atoms with Gasteiger partial charge >= 0.3 is 0 Å². The van der Waals surface area contributed by atoms with Crippen molar-refractivity contribution in [3.8, 4) is 6.07 Å². The fourth-order valence-electron chi connectivity index (χ4n) is 2.38. The van der Waals surface area contributed by atoms with E-state index >= 15 is 0 Å². The van der Waals surface area contributed by atoms with Crippen molar-refractivity contribution >= 4 is 22.5 Å². The molecule has 1 heterocycles. The average Bonchev–Trinajstić information content (AvgIpc) is 2.50. The first-order valence-electron chi connectivity index (χ1n) is 7.39. The van der Waals surface area contributed by atoms with Gasteiger partial charge < -0.3 is 10.2 Å². The number of benzene rings is 1. The molecule has 0 unspecified atom stereocenters. The normalized spacial score (nSPS) is 10.5. The summed E-state index contributed by atoms with van der Waals surface area (Å²) in [7, 11) is 0. The lowest BCUT2D eigenvalue weighted by atomic mass is 10.1. The molecule has 0 saturated carbocycles. The molecular formula is C17H20N4O. The number of likely N-dealkylation sites (N-methyl/N-ethyl adjacent to an activating group) is 1. The minimum absolute atomic E-state index is 0.0312. The Labute approximate surface area is 130 Å². The third-order valence-corrected chi connectivity index (χ3v) is 3.32. The van der Waals surface area contributed by atoms with Crippen molar-refractivity contribution in [2.75, 3.05) is 18.0 Å². The molecule has 0 atom stereocenters. The molecule has 5 heteroatoms. The molecule has 0 saturated heterocycles. The van der Waals surface area contributed by atoms with Crippen molar-refractivity contribution in [3.63, 3.8) is 0 Å². The highest BCUT2D eigenvalue weighted by atomic mass is 16.2. The number of carbonyl (C=O) groups is 1. The minimum Gasteiger partial charge on any atom is -0.362 e. The summed E-state index contributed by atoms with van der Waals surface area (Å²) in [6.45, 7) is 6.79. The van der Waals surface area contributed by atoms with Gasteiger partial charge in [0.05, 0.1) is 12.1 Å². The van der Waals surface area contributed by atoms with Crippen LogP contribution < -0.4 is 10.2 Å². The third kappa shape index (κ3) is 3.53. The molecule has 1 N–H and O–H groups in total. The molecule has 114 valence electrons. The second-order valence-electron chi connectivity index (χ2n) is 5.39. The number of nitriles is 1. The smallest absolute Gasteiger partial charge is 0.239 e. The Kier molecular flexibility index (Phi) is 4.95. The fraction of sp³-hybridized carbons (Fsp3) is 0.353. The molecule has 0 aliphatic heterocycles. The van der Waals surface area contributed by atoms with Gasteiger partial charge in [0.1, 0.15) is 11.8 Å². The zero-order chi connectivity index (χ0) is 16.1. The lowest BCUT2D eigenvalue weighted by Gasteiger charge is -2.24. The Morgan fingerprint density at radius 1 is 1.41 bits per heavy atom. The summed E-state index contributed by atoms with van der Waals surface area (Å²) in [5, 5.41) is 13.0. The van der Waals surface area contributed by atoms with Crippen LogP contribution in [0.15, 0.2) is 30.3 Å². The third-order valence-electron chi connectivity index (χ3n) is 3.32. The van der Waals surface area contributed by atoms with E-state index in [9.17, 15) is 4.79 Å². The number of carbonyl (C=O) groups excluding carboxylic acids is 1. The Hall–Kier alpha value is -2.61. The van der Waals surface area contributed by atoms with E-state index in [1.54, 1.807) is 6.07 Å². The van der Waals surface area contributed by atoms with Crippen LogP contribution in [0.1, 0.15) is 26.5 Å². The monoisotopic (exact) mass is 296 g/mol. The molecule has 0 aliphatic carbocycles. The van der Waals surface area contributed by atoms with Gasteiger partial charge in [0.15, 0.2) is 0 Å². The number of hydrogen-bond donors (Lipinski definition) is 1. The van der Waals surface area contributed by atoms with Crippen molar-refractivity contribution in [1.82, 2.24) is 10.3 Å². The topological polar surface area (TPSA) is 69.0 Å². The van der Waals surface area contributed by atoms with Crippen molar-refractivity contribution in [2.24, 2.45) is 0 Å². The molecule has 1 aromatic heterocycles. The van der Waals surface area contributed by atoms with E-state index in [1.165, 1.54) is 0 Å². The first-order valence-corrected chi connectivity index (χ1v) is 7.39. The quantitative estimate of drug-likeness (QED) is 0.920. The predicted octanol–water partition coefficient (Wildman–Crippen LogP) is 2.46. The van der Waals surface area contributed by atoms with Gasteiger partial charge in [0, 0.05) is 23.7 Å². The summed E-state index contributed by atoms with van der Waals surface area (Å²) >= 11 is 0. The number of anilines is 1. The van der Waals surface area contributed by atoms with Crippen molar-refractivity contribution in [2.45, 2.75) is 26.8 Å². The molecule has 22 heavy (non-hydrogen) atoms. The van der Waals surface area contributed by atoms with E-state index in [4.69, 9.17) is 5.26 Å². The maximum Gasteiger partial charge on any atom is 0.239 e. The number of rotatable bonds is 5. The van der Waals surface area contributed by atoms with Gasteiger partial charge in [-0.25, -0.2) is 4.98 Å². The summed E-state index contributed by atoms with van der Waals surface area (Å²) in [5.41, 5.74) is 1.99. The van der Waals surface area contributed by atoms with Crippen LogP contribution in [-0.2, 0) is 4.79 Å². The minimum atomic E-state index is -0.0312. The molecule has 1 amide bonds. The van der Waals surface area contributed by atoms with E-state index < -0.39 is 0 Å². The fourth-order valence-corrected chi connectivity index (χ4v) is 2.38. The molecule has 0 spiro atoms.